The van der Waals surface area contributed by atoms with Gasteiger partial charge in [-0.05, 0) is 24.6 Å². The van der Waals surface area contributed by atoms with Gasteiger partial charge in [0, 0.05) is 30.7 Å². The van der Waals surface area contributed by atoms with Crippen LogP contribution < -0.4 is 16.0 Å². The van der Waals surface area contributed by atoms with Gasteiger partial charge in [0.1, 0.15) is 0 Å². The summed E-state index contributed by atoms with van der Waals surface area (Å²) >= 11 is 5.94. The minimum Gasteiger partial charge on any atom is -0.355 e. The number of anilines is 1. The number of amides is 3. The molecule has 18 heavy (non-hydrogen) atoms. The van der Waals surface area contributed by atoms with Crippen LogP contribution in [0.3, 0.4) is 0 Å². The molecule has 3 amide bonds. The molecule has 0 aliphatic rings. The van der Waals surface area contributed by atoms with Crippen LogP contribution in [0.25, 0.3) is 0 Å². The van der Waals surface area contributed by atoms with Gasteiger partial charge in [0.05, 0.1) is 0 Å². The highest BCUT2D eigenvalue weighted by Gasteiger charge is 2.02. The Hall–Kier alpha value is -1.75. The van der Waals surface area contributed by atoms with Gasteiger partial charge in [0.25, 0.3) is 0 Å². The second kappa shape index (κ2) is 6.86. The van der Waals surface area contributed by atoms with Crippen molar-refractivity contribution in [1.29, 1.82) is 0 Å². The third-order valence-electron chi connectivity index (χ3n) is 2.21. The highest BCUT2D eigenvalue weighted by molar-refractivity contribution is 6.31. The molecule has 0 fully saturated rings. The highest BCUT2D eigenvalue weighted by atomic mass is 35.5. The SMILES string of the molecule is CC(=O)NCCNC(=O)Nc1ccc(C)c(Cl)c1. The zero-order chi connectivity index (χ0) is 13.5. The summed E-state index contributed by atoms with van der Waals surface area (Å²) in [6, 6.07) is 4.95. The molecule has 0 saturated carbocycles. The molecule has 0 radical (unpaired) electrons. The van der Waals surface area contributed by atoms with Crippen LogP contribution in [0.4, 0.5) is 10.5 Å². The fraction of sp³-hybridized carbons (Fsp3) is 0.333. The molecule has 98 valence electrons. The molecule has 0 aromatic heterocycles. The van der Waals surface area contributed by atoms with Gasteiger partial charge in [-0.3, -0.25) is 4.79 Å². The predicted molar refractivity (Wildman–Crippen MR) is 71.9 cm³/mol. The number of benzene rings is 1. The summed E-state index contributed by atoms with van der Waals surface area (Å²) in [7, 11) is 0. The zero-order valence-corrected chi connectivity index (χ0v) is 11.1. The Balaban J connectivity index is 2.35. The standard InChI is InChI=1S/C12H16ClN3O2/c1-8-3-4-10(7-11(8)13)16-12(18)15-6-5-14-9(2)17/h3-4,7H,5-6H2,1-2H3,(H,14,17)(H2,15,16,18). The van der Waals surface area contributed by atoms with Crippen molar-refractivity contribution in [2.75, 3.05) is 18.4 Å². The van der Waals surface area contributed by atoms with Crippen molar-refractivity contribution in [2.45, 2.75) is 13.8 Å². The van der Waals surface area contributed by atoms with Crippen LogP contribution in [-0.2, 0) is 4.79 Å². The van der Waals surface area contributed by atoms with Crippen molar-refractivity contribution < 1.29 is 9.59 Å². The van der Waals surface area contributed by atoms with Gasteiger partial charge in [-0.2, -0.15) is 0 Å². The summed E-state index contributed by atoms with van der Waals surface area (Å²) in [5, 5.41) is 8.45. The molecule has 0 aliphatic heterocycles. The van der Waals surface area contributed by atoms with Crippen molar-refractivity contribution in [1.82, 2.24) is 10.6 Å². The molecule has 0 unspecified atom stereocenters. The molecule has 6 heteroatoms. The summed E-state index contributed by atoms with van der Waals surface area (Å²) in [5.41, 5.74) is 1.58. The minimum absolute atomic E-state index is 0.123. The van der Waals surface area contributed by atoms with E-state index in [0.29, 0.717) is 23.8 Å². The van der Waals surface area contributed by atoms with Crippen molar-refractivity contribution in [3.05, 3.63) is 28.8 Å². The molecule has 1 aromatic rings. The normalized spacial score (nSPS) is 9.72. The fourth-order valence-corrected chi connectivity index (χ4v) is 1.44. The maximum atomic E-state index is 11.5. The smallest absolute Gasteiger partial charge is 0.319 e. The van der Waals surface area contributed by atoms with E-state index in [2.05, 4.69) is 16.0 Å². The number of aryl methyl sites for hydroxylation is 1. The molecule has 3 N–H and O–H groups in total. The second-order valence-electron chi connectivity index (χ2n) is 3.83. The van der Waals surface area contributed by atoms with Gasteiger partial charge in [0.2, 0.25) is 5.91 Å². The fourth-order valence-electron chi connectivity index (χ4n) is 1.26. The lowest BCUT2D eigenvalue weighted by Gasteiger charge is -2.08. The molecule has 0 saturated heterocycles. The molecule has 0 aliphatic carbocycles. The van der Waals surface area contributed by atoms with Crippen molar-refractivity contribution >= 4 is 29.2 Å². The number of nitrogens with one attached hydrogen (secondary N) is 3. The maximum absolute atomic E-state index is 11.5. The molecular weight excluding hydrogens is 254 g/mol. The van der Waals surface area contributed by atoms with E-state index in [1.165, 1.54) is 6.92 Å². The van der Waals surface area contributed by atoms with Gasteiger partial charge in [0.15, 0.2) is 0 Å². The van der Waals surface area contributed by atoms with E-state index in [1.807, 2.05) is 13.0 Å². The molecule has 0 bridgehead atoms. The largest absolute Gasteiger partial charge is 0.355 e. The van der Waals surface area contributed by atoms with Crippen LogP contribution in [0.1, 0.15) is 12.5 Å². The minimum atomic E-state index is -0.333. The van der Waals surface area contributed by atoms with Gasteiger partial charge in [-0.25, -0.2) is 4.79 Å². The summed E-state index contributed by atoms with van der Waals surface area (Å²) < 4.78 is 0. The van der Waals surface area contributed by atoms with Crippen LogP contribution in [0.5, 0.6) is 0 Å². The van der Waals surface area contributed by atoms with E-state index in [-0.39, 0.29) is 11.9 Å². The molecule has 1 aromatic carbocycles. The molecular formula is C12H16ClN3O2. The monoisotopic (exact) mass is 269 g/mol. The molecule has 0 atom stereocenters. The van der Waals surface area contributed by atoms with Crippen molar-refractivity contribution in [2.24, 2.45) is 0 Å². The van der Waals surface area contributed by atoms with Crippen LogP contribution in [-0.4, -0.2) is 25.0 Å². The van der Waals surface area contributed by atoms with E-state index in [9.17, 15) is 9.59 Å². The van der Waals surface area contributed by atoms with Gasteiger partial charge < -0.3 is 16.0 Å². The third-order valence-corrected chi connectivity index (χ3v) is 2.62. The first-order valence-electron chi connectivity index (χ1n) is 5.54. The van der Waals surface area contributed by atoms with Gasteiger partial charge in [-0.15, -0.1) is 0 Å². The zero-order valence-electron chi connectivity index (χ0n) is 10.3. The predicted octanol–water partition coefficient (Wildman–Crippen LogP) is 1.91. The van der Waals surface area contributed by atoms with E-state index < -0.39 is 0 Å². The Labute approximate surface area is 111 Å². The Morgan fingerprint density at radius 2 is 1.89 bits per heavy atom. The second-order valence-corrected chi connectivity index (χ2v) is 4.24. The number of hydrogen-bond donors (Lipinski definition) is 3. The molecule has 5 nitrogen and oxygen atoms in total. The summed E-state index contributed by atoms with van der Waals surface area (Å²) in [4.78, 5) is 22.1. The number of urea groups is 1. The van der Waals surface area contributed by atoms with Crippen LogP contribution in [0.15, 0.2) is 18.2 Å². The molecule has 1 rings (SSSR count). The molecule has 0 spiro atoms. The average Bonchev–Trinajstić information content (AvgIpc) is 2.29. The van der Waals surface area contributed by atoms with Crippen LogP contribution in [0, 0.1) is 6.92 Å². The third kappa shape index (κ3) is 5.05. The topological polar surface area (TPSA) is 70.2 Å². The summed E-state index contributed by atoms with van der Waals surface area (Å²) in [6.07, 6.45) is 0. The number of halogens is 1. The Kier molecular flexibility index (Phi) is 5.45. The summed E-state index contributed by atoms with van der Waals surface area (Å²) in [5.74, 6) is -0.123. The van der Waals surface area contributed by atoms with E-state index in [1.54, 1.807) is 12.1 Å². The number of hydrogen-bond acceptors (Lipinski definition) is 2. The lowest BCUT2D eigenvalue weighted by atomic mass is 10.2. The lowest BCUT2D eigenvalue weighted by Crippen LogP contribution is -2.36. The van der Waals surface area contributed by atoms with Crippen LogP contribution in [0.2, 0.25) is 5.02 Å². The van der Waals surface area contributed by atoms with E-state index in [0.717, 1.165) is 5.56 Å². The van der Waals surface area contributed by atoms with Gasteiger partial charge in [-0.1, -0.05) is 17.7 Å². The Morgan fingerprint density at radius 1 is 1.22 bits per heavy atom. The highest BCUT2D eigenvalue weighted by Crippen LogP contribution is 2.19. The number of carbonyl (C=O) groups excluding carboxylic acids is 2. The Morgan fingerprint density at radius 3 is 2.50 bits per heavy atom. The quantitative estimate of drug-likeness (QED) is 0.731. The summed E-state index contributed by atoms with van der Waals surface area (Å²) in [6.45, 7) is 4.08. The first-order valence-corrected chi connectivity index (χ1v) is 5.92. The van der Waals surface area contributed by atoms with Crippen molar-refractivity contribution in [3.8, 4) is 0 Å². The van der Waals surface area contributed by atoms with E-state index in [4.69, 9.17) is 11.6 Å². The number of rotatable bonds is 4. The van der Waals surface area contributed by atoms with Gasteiger partial charge >= 0.3 is 6.03 Å². The van der Waals surface area contributed by atoms with Crippen LogP contribution >= 0.6 is 11.6 Å². The lowest BCUT2D eigenvalue weighted by molar-refractivity contribution is -0.118. The average molecular weight is 270 g/mol. The Bertz CT molecular complexity index is 449. The van der Waals surface area contributed by atoms with Crippen molar-refractivity contribution in [3.63, 3.8) is 0 Å². The molecule has 0 heterocycles. The maximum Gasteiger partial charge on any atom is 0.319 e. The first-order chi connectivity index (χ1) is 8.49. The number of carbonyl (C=O) groups is 2. The van der Waals surface area contributed by atoms with E-state index >= 15 is 0 Å². The first kappa shape index (κ1) is 14.3.